The maximum absolute atomic E-state index is 2.62. The topological polar surface area (TPSA) is 0 Å². The Hall–Kier alpha value is -0.780. The molecule has 0 spiro atoms. The first-order valence-electron chi connectivity index (χ1n) is 8.46. The van der Waals surface area contributed by atoms with Crippen LogP contribution in [0.5, 0.6) is 0 Å². The molecule has 0 aliphatic heterocycles. The van der Waals surface area contributed by atoms with E-state index in [9.17, 15) is 0 Å². The zero-order valence-electron chi connectivity index (χ0n) is 14.1. The lowest BCUT2D eigenvalue weighted by Gasteiger charge is -2.42. The number of hydrogen-bond acceptors (Lipinski definition) is 0. The summed E-state index contributed by atoms with van der Waals surface area (Å²) in [6.07, 6.45) is 14.1. The van der Waals surface area contributed by atoms with E-state index in [1.165, 1.54) is 37.7 Å². The predicted octanol–water partition coefficient (Wildman–Crippen LogP) is 6.31. The van der Waals surface area contributed by atoms with Crippen LogP contribution in [-0.2, 0) is 0 Å². The van der Waals surface area contributed by atoms with Crippen molar-refractivity contribution >= 4 is 0 Å². The Morgan fingerprint density at radius 3 is 2.80 bits per heavy atom. The fraction of sp³-hybridized carbons (Fsp3) is 0.700. The van der Waals surface area contributed by atoms with E-state index in [0.29, 0.717) is 0 Å². The van der Waals surface area contributed by atoms with Crippen LogP contribution in [0.3, 0.4) is 0 Å². The second-order valence-electron chi connectivity index (χ2n) is 7.42. The van der Waals surface area contributed by atoms with Gasteiger partial charge in [-0.3, -0.25) is 0 Å². The highest BCUT2D eigenvalue weighted by Gasteiger charge is 2.36. The summed E-state index contributed by atoms with van der Waals surface area (Å²) in [5, 5.41) is 0. The van der Waals surface area contributed by atoms with Gasteiger partial charge in [0.15, 0.2) is 0 Å². The molecule has 0 bridgehead atoms. The minimum absolute atomic E-state index is 0.815. The fourth-order valence-corrected chi connectivity index (χ4v) is 4.15. The maximum atomic E-state index is 2.62. The summed E-state index contributed by atoms with van der Waals surface area (Å²) in [5.74, 6) is 3.35. The number of fused-ring (bicyclic) bond motifs is 1. The van der Waals surface area contributed by atoms with Gasteiger partial charge in [0.2, 0.25) is 0 Å². The Morgan fingerprint density at radius 2 is 2.10 bits per heavy atom. The second-order valence-corrected chi connectivity index (χ2v) is 7.42. The van der Waals surface area contributed by atoms with Crippen LogP contribution < -0.4 is 0 Å². The van der Waals surface area contributed by atoms with Crippen molar-refractivity contribution in [3.63, 3.8) is 0 Å². The first-order valence-corrected chi connectivity index (χ1v) is 8.46. The lowest BCUT2D eigenvalue weighted by atomic mass is 9.63. The van der Waals surface area contributed by atoms with Crippen molar-refractivity contribution in [2.24, 2.45) is 23.7 Å². The molecule has 0 aromatic heterocycles. The van der Waals surface area contributed by atoms with E-state index < -0.39 is 0 Å². The van der Waals surface area contributed by atoms with Gasteiger partial charge in [0, 0.05) is 0 Å². The van der Waals surface area contributed by atoms with E-state index in [0.717, 1.165) is 23.7 Å². The third kappa shape index (κ3) is 3.65. The van der Waals surface area contributed by atoms with Crippen molar-refractivity contribution in [3.8, 4) is 0 Å². The molecule has 0 amide bonds. The van der Waals surface area contributed by atoms with Crippen molar-refractivity contribution < 1.29 is 0 Å². The Morgan fingerprint density at radius 1 is 1.35 bits per heavy atom. The minimum Gasteiger partial charge on any atom is -0.0859 e. The van der Waals surface area contributed by atoms with Crippen molar-refractivity contribution in [2.45, 2.75) is 66.7 Å². The SMILES string of the molecule is CC(C)=CCCC(C)[C@H]1CC=C(C)[C@@H]2CCC(C)=C[C@H]12. The summed E-state index contributed by atoms with van der Waals surface area (Å²) in [6.45, 7) is 11.6. The lowest BCUT2D eigenvalue weighted by molar-refractivity contribution is 0.193. The molecule has 0 heteroatoms. The molecule has 0 N–H and O–H groups in total. The van der Waals surface area contributed by atoms with Crippen LogP contribution in [0.1, 0.15) is 66.7 Å². The molecule has 0 saturated carbocycles. The van der Waals surface area contributed by atoms with Gasteiger partial charge in [0.25, 0.3) is 0 Å². The highest BCUT2D eigenvalue weighted by Crippen LogP contribution is 2.46. The van der Waals surface area contributed by atoms with Crippen molar-refractivity contribution in [1.29, 1.82) is 0 Å². The maximum Gasteiger partial charge on any atom is -0.0131 e. The summed E-state index contributed by atoms with van der Waals surface area (Å²) in [7, 11) is 0. The average molecular weight is 272 g/mol. The number of hydrogen-bond donors (Lipinski definition) is 0. The van der Waals surface area contributed by atoms with Crippen LogP contribution in [0.15, 0.2) is 34.9 Å². The molecule has 2 rings (SSSR count). The Kier molecular flexibility index (Phi) is 5.29. The standard InChI is InChI=1S/C20H32/c1-14(2)7-6-8-16(4)19-12-10-17(5)18-11-9-15(3)13-20(18)19/h7,10,13,16,18-20H,6,8-9,11-12H2,1-5H3/t16?,18-,19+,20-/m0/s1. The van der Waals surface area contributed by atoms with E-state index in [2.05, 4.69) is 52.8 Å². The van der Waals surface area contributed by atoms with Gasteiger partial charge in [-0.05, 0) is 83.5 Å². The predicted molar refractivity (Wildman–Crippen MR) is 89.7 cm³/mol. The number of allylic oxidation sites excluding steroid dienone is 6. The monoisotopic (exact) mass is 272 g/mol. The quantitative estimate of drug-likeness (QED) is 0.526. The average Bonchev–Trinajstić information content (AvgIpc) is 2.38. The van der Waals surface area contributed by atoms with E-state index in [1.807, 2.05) is 0 Å². The normalized spacial score (nSPS) is 30.9. The summed E-state index contributed by atoms with van der Waals surface area (Å²) in [5.41, 5.74) is 4.75. The van der Waals surface area contributed by atoms with Crippen LogP contribution in [0.25, 0.3) is 0 Å². The first kappa shape index (κ1) is 15.6. The molecule has 0 radical (unpaired) electrons. The molecule has 0 nitrogen and oxygen atoms in total. The third-order valence-corrected chi connectivity index (χ3v) is 5.49. The molecule has 0 aromatic rings. The highest BCUT2D eigenvalue weighted by molar-refractivity contribution is 5.21. The van der Waals surface area contributed by atoms with Crippen molar-refractivity contribution in [1.82, 2.24) is 0 Å². The van der Waals surface area contributed by atoms with E-state index >= 15 is 0 Å². The molecule has 2 aliphatic rings. The molecule has 112 valence electrons. The molecule has 4 atom stereocenters. The third-order valence-electron chi connectivity index (χ3n) is 5.49. The van der Waals surface area contributed by atoms with Crippen LogP contribution in [-0.4, -0.2) is 0 Å². The first-order chi connectivity index (χ1) is 9.49. The Balaban J connectivity index is 2.06. The van der Waals surface area contributed by atoms with Gasteiger partial charge < -0.3 is 0 Å². The van der Waals surface area contributed by atoms with Crippen LogP contribution >= 0.6 is 0 Å². The minimum atomic E-state index is 0.815. The summed E-state index contributed by atoms with van der Waals surface area (Å²) in [4.78, 5) is 0. The molecule has 20 heavy (non-hydrogen) atoms. The van der Waals surface area contributed by atoms with E-state index in [-0.39, 0.29) is 0 Å². The Bertz CT molecular complexity index is 417. The molecule has 0 heterocycles. The largest absolute Gasteiger partial charge is 0.0859 e. The molecular formula is C20H32. The molecule has 0 saturated heterocycles. The smallest absolute Gasteiger partial charge is 0.0131 e. The van der Waals surface area contributed by atoms with Crippen LogP contribution in [0.2, 0.25) is 0 Å². The molecular weight excluding hydrogens is 240 g/mol. The molecule has 1 unspecified atom stereocenters. The summed E-state index contributed by atoms with van der Waals surface area (Å²) < 4.78 is 0. The van der Waals surface area contributed by atoms with Gasteiger partial charge in [-0.15, -0.1) is 0 Å². The van der Waals surface area contributed by atoms with Gasteiger partial charge in [0.05, 0.1) is 0 Å². The zero-order valence-corrected chi connectivity index (χ0v) is 14.1. The lowest BCUT2D eigenvalue weighted by Crippen LogP contribution is -2.32. The van der Waals surface area contributed by atoms with Gasteiger partial charge in [-0.1, -0.05) is 41.9 Å². The summed E-state index contributed by atoms with van der Waals surface area (Å²) in [6, 6.07) is 0. The zero-order chi connectivity index (χ0) is 14.7. The van der Waals surface area contributed by atoms with Crippen molar-refractivity contribution in [2.75, 3.05) is 0 Å². The van der Waals surface area contributed by atoms with Gasteiger partial charge in [0.1, 0.15) is 0 Å². The van der Waals surface area contributed by atoms with Crippen LogP contribution in [0, 0.1) is 23.7 Å². The Labute approximate surface area is 126 Å². The van der Waals surface area contributed by atoms with Gasteiger partial charge >= 0.3 is 0 Å². The molecule has 0 fully saturated rings. The van der Waals surface area contributed by atoms with E-state index in [4.69, 9.17) is 0 Å². The van der Waals surface area contributed by atoms with E-state index in [1.54, 1.807) is 11.1 Å². The van der Waals surface area contributed by atoms with Gasteiger partial charge in [-0.25, -0.2) is 0 Å². The highest BCUT2D eigenvalue weighted by atomic mass is 14.4. The number of rotatable bonds is 4. The second kappa shape index (κ2) is 6.78. The van der Waals surface area contributed by atoms with Gasteiger partial charge in [-0.2, -0.15) is 0 Å². The van der Waals surface area contributed by atoms with Crippen molar-refractivity contribution in [3.05, 3.63) is 34.9 Å². The van der Waals surface area contributed by atoms with Crippen LogP contribution in [0.4, 0.5) is 0 Å². The molecule has 2 aliphatic carbocycles. The summed E-state index contributed by atoms with van der Waals surface area (Å²) >= 11 is 0. The fourth-order valence-electron chi connectivity index (χ4n) is 4.15. The molecule has 0 aromatic carbocycles.